The molecule has 16 heavy (non-hydrogen) atoms. The molecule has 0 amide bonds. The zero-order valence-electron chi connectivity index (χ0n) is 9.59. The second-order valence-corrected chi connectivity index (χ2v) is 3.51. The number of ether oxygens (including phenoxy) is 1. The van der Waals surface area contributed by atoms with Gasteiger partial charge in [0.05, 0.1) is 6.61 Å². The molecule has 1 atom stereocenters. The maximum absolute atomic E-state index is 11.4. The fourth-order valence-electron chi connectivity index (χ4n) is 1.29. The van der Waals surface area contributed by atoms with Crippen LogP contribution in [0, 0.1) is 0 Å². The number of hydrogen-bond donors (Lipinski definition) is 1. The van der Waals surface area contributed by atoms with E-state index in [1.807, 2.05) is 30.3 Å². The van der Waals surface area contributed by atoms with Crippen molar-refractivity contribution in [1.82, 2.24) is 5.06 Å². The number of nitrogens with zero attached hydrogens (tertiary/aromatic N) is 1. The molecule has 0 bridgehead atoms. The van der Waals surface area contributed by atoms with E-state index in [0.717, 1.165) is 10.6 Å². The Morgan fingerprint density at radius 1 is 1.44 bits per heavy atom. The molecule has 0 aliphatic heterocycles. The highest BCUT2D eigenvalue weighted by Gasteiger charge is 2.20. The summed E-state index contributed by atoms with van der Waals surface area (Å²) in [6.45, 7) is 3.98. The quantitative estimate of drug-likeness (QED) is 0.611. The van der Waals surface area contributed by atoms with Crippen LogP contribution in [0.1, 0.15) is 19.4 Å². The molecule has 88 valence electrons. The van der Waals surface area contributed by atoms with E-state index in [1.54, 1.807) is 13.8 Å². The molecule has 0 radical (unpaired) electrons. The van der Waals surface area contributed by atoms with Gasteiger partial charge in [0.25, 0.3) is 0 Å². The summed E-state index contributed by atoms with van der Waals surface area (Å²) in [7, 11) is 0. The summed E-state index contributed by atoms with van der Waals surface area (Å²) in [5, 5.41) is 10.7. The first-order chi connectivity index (χ1) is 7.65. The van der Waals surface area contributed by atoms with Crippen LogP contribution >= 0.6 is 0 Å². The highest BCUT2D eigenvalue weighted by atomic mass is 16.5. The summed E-state index contributed by atoms with van der Waals surface area (Å²) in [6.07, 6.45) is 0. The van der Waals surface area contributed by atoms with Crippen molar-refractivity contribution in [3.63, 3.8) is 0 Å². The predicted molar refractivity (Wildman–Crippen MR) is 59.9 cm³/mol. The van der Waals surface area contributed by atoms with Crippen molar-refractivity contribution in [3.05, 3.63) is 35.9 Å². The van der Waals surface area contributed by atoms with Crippen molar-refractivity contribution >= 4 is 5.97 Å². The maximum atomic E-state index is 11.4. The Kier molecular flexibility index (Phi) is 4.95. The summed E-state index contributed by atoms with van der Waals surface area (Å²) < 4.78 is 4.82. The summed E-state index contributed by atoms with van der Waals surface area (Å²) in [5.74, 6) is -0.416. The molecule has 4 heteroatoms. The van der Waals surface area contributed by atoms with Crippen LogP contribution in [0.4, 0.5) is 0 Å². The van der Waals surface area contributed by atoms with Crippen molar-refractivity contribution in [2.45, 2.75) is 26.4 Å². The maximum Gasteiger partial charge on any atom is 0.325 e. The number of esters is 1. The smallest absolute Gasteiger partial charge is 0.325 e. The monoisotopic (exact) mass is 223 g/mol. The summed E-state index contributed by atoms with van der Waals surface area (Å²) in [5.41, 5.74) is 0.946. The normalized spacial score (nSPS) is 12.5. The second kappa shape index (κ2) is 6.25. The summed E-state index contributed by atoms with van der Waals surface area (Å²) in [4.78, 5) is 11.4. The molecule has 0 aliphatic rings. The topological polar surface area (TPSA) is 49.8 Å². The Morgan fingerprint density at radius 2 is 2.06 bits per heavy atom. The van der Waals surface area contributed by atoms with Crippen LogP contribution in [0.25, 0.3) is 0 Å². The van der Waals surface area contributed by atoms with E-state index in [0.29, 0.717) is 13.2 Å². The van der Waals surface area contributed by atoms with Crippen molar-refractivity contribution in [2.24, 2.45) is 0 Å². The van der Waals surface area contributed by atoms with Gasteiger partial charge in [0.2, 0.25) is 0 Å². The first kappa shape index (κ1) is 12.7. The molecule has 1 N–H and O–H groups in total. The molecule has 0 spiro atoms. The molecule has 0 fully saturated rings. The minimum atomic E-state index is -0.653. The number of benzene rings is 1. The first-order valence-corrected chi connectivity index (χ1v) is 5.31. The zero-order chi connectivity index (χ0) is 12.0. The van der Waals surface area contributed by atoms with Gasteiger partial charge in [0, 0.05) is 6.54 Å². The van der Waals surface area contributed by atoms with E-state index < -0.39 is 12.0 Å². The second-order valence-electron chi connectivity index (χ2n) is 3.51. The number of hydroxylamine groups is 2. The molecular formula is C12H17NO3. The summed E-state index contributed by atoms with van der Waals surface area (Å²) >= 11 is 0. The predicted octanol–water partition coefficient (Wildman–Crippen LogP) is 1.83. The molecule has 4 nitrogen and oxygen atoms in total. The van der Waals surface area contributed by atoms with Gasteiger partial charge in [-0.2, -0.15) is 5.06 Å². The SMILES string of the molecule is CCOC(=O)C(C)N(O)Cc1ccccc1. The van der Waals surface area contributed by atoms with E-state index in [2.05, 4.69) is 0 Å². The Hall–Kier alpha value is -1.39. The molecule has 1 aromatic carbocycles. The highest BCUT2D eigenvalue weighted by Crippen LogP contribution is 2.06. The largest absolute Gasteiger partial charge is 0.465 e. The minimum Gasteiger partial charge on any atom is -0.465 e. The number of carbonyl (C=O) groups excluding carboxylic acids is 1. The first-order valence-electron chi connectivity index (χ1n) is 5.31. The van der Waals surface area contributed by atoms with Gasteiger partial charge in [0.1, 0.15) is 6.04 Å². The fourth-order valence-corrected chi connectivity index (χ4v) is 1.29. The van der Waals surface area contributed by atoms with Crippen molar-refractivity contribution < 1.29 is 14.7 Å². The van der Waals surface area contributed by atoms with Gasteiger partial charge in [-0.3, -0.25) is 4.79 Å². The number of carbonyl (C=O) groups is 1. The average Bonchev–Trinajstić information content (AvgIpc) is 2.29. The lowest BCUT2D eigenvalue weighted by Crippen LogP contribution is -2.37. The third-order valence-electron chi connectivity index (χ3n) is 2.26. The minimum absolute atomic E-state index is 0.306. The third kappa shape index (κ3) is 3.64. The lowest BCUT2D eigenvalue weighted by molar-refractivity contribution is -0.175. The molecular weight excluding hydrogens is 206 g/mol. The van der Waals surface area contributed by atoms with Crippen LogP contribution in [0.15, 0.2) is 30.3 Å². The van der Waals surface area contributed by atoms with Crippen molar-refractivity contribution in [2.75, 3.05) is 6.61 Å². The van der Waals surface area contributed by atoms with Gasteiger partial charge in [-0.1, -0.05) is 30.3 Å². The van der Waals surface area contributed by atoms with E-state index in [1.165, 1.54) is 0 Å². The average molecular weight is 223 g/mol. The fraction of sp³-hybridized carbons (Fsp3) is 0.417. The van der Waals surface area contributed by atoms with Crippen LogP contribution in [-0.2, 0) is 16.1 Å². The highest BCUT2D eigenvalue weighted by molar-refractivity contribution is 5.75. The van der Waals surface area contributed by atoms with Crippen LogP contribution in [0.2, 0.25) is 0 Å². The van der Waals surface area contributed by atoms with E-state index >= 15 is 0 Å². The molecule has 0 aromatic heterocycles. The van der Waals surface area contributed by atoms with E-state index in [4.69, 9.17) is 4.74 Å². The lowest BCUT2D eigenvalue weighted by Gasteiger charge is -2.20. The van der Waals surface area contributed by atoms with Crippen LogP contribution in [0.3, 0.4) is 0 Å². The molecule has 1 aromatic rings. The standard InChI is InChI=1S/C12H17NO3/c1-3-16-12(14)10(2)13(15)9-11-7-5-4-6-8-11/h4-8,10,15H,3,9H2,1-2H3. The number of rotatable bonds is 5. The molecule has 0 saturated carbocycles. The summed E-state index contributed by atoms with van der Waals surface area (Å²) in [6, 6.07) is 8.80. The van der Waals surface area contributed by atoms with Gasteiger partial charge in [-0.15, -0.1) is 0 Å². The van der Waals surface area contributed by atoms with Crippen molar-refractivity contribution in [1.29, 1.82) is 0 Å². The van der Waals surface area contributed by atoms with E-state index in [9.17, 15) is 10.0 Å². The molecule has 0 saturated heterocycles. The zero-order valence-corrected chi connectivity index (χ0v) is 9.59. The molecule has 0 heterocycles. The van der Waals surface area contributed by atoms with Crippen LogP contribution < -0.4 is 0 Å². The van der Waals surface area contributed by atoms with Gasteiger partial charge >= 0.3 is 5.97 Å². The van der Waals surface area contributed by atoms with Gasteiger partial charge in [0.15, 0.2) is 0 Å². The van der Waals surface area contributed by atoms with E-state index in [-0.39, 0.29) is 0 Å². The Balaban J connectivity index is 2.52. The van der Waals surface area contributed by atoms with Gasteiger partial charge in [-0.25, -0.2) is 0 Å². The van der Waals surface area contributed by atoms with Crippen LogP contribution in [-0.4, -0.2) is 28.9 Å². The lowest BCUT2D eigenvalue weighted by atomic mass is 10.2. The van der Waals surface area contributed by atoms with Crippen molar-refractivity contribution in [3.8, 4) is 0 Å². The number of hydrogen-bond acceptors (Lipinski definition) is 4. The Labute approximate surface area is 95.4 Å². The Morgan fingerprint density at radius 3 is 2.62 bits per heavy atom. The third-order valence-corrected chi connectivity index (χ3v) is 2.26. The molecule has 1 unspecified atom stereocenters. The van der Waals surface area contributed by atoms with Crippen LogP contribution in [0.5, 0.6) is 0 Å². The van der Waals surface area contributed by atoms with Gasteiger partial charge < -0.3 is 9.94 Å². The Bertz CT molecular complexity index is 326. The molecule has 0 aliphatic carbocycles. The van der Waals surface area contributed by atoms with Gasteiger partial charge in [-0.05, 0) is 19.4 Å². The molecule has 1 rings (SSSR count).